The predicted octanol–water partition coefficient (Wildman–Crippen LogP) is 1.85. The standard InChI is InChI=1S/C12H18N2O2S/c1-9-5-10(2)7-11(6-9)8-17-4-3-12(15)16-14-13/h5-7,14H,3-4,8,13H2,1-2H3. The molecule has 0 aliphatic carbocycles. The summed E-state index contributed by atoms with van der Waals surface area (Å²) >= 11 is 1.71. The Bertz CT molecular complexity index is 363. The van der Waals surface area contributed by atoms with E-state index in [1.807, 2.05) is 5.59 Å². The summed E-state index contributed by atoms with van der Waals surface area (Å²) in [5.74, 6) is 6.16. The fraction of sp³-hybridized carbons (Fsp3) is 0.417. The molecule has 0 fully saturated rings. The molecule has 0 aliphatic rings. The molecule has 0 spiro atoms. The molecule has 4 nitrogen and oxygen atoms in total. The van der Waals surface area contributed by atoms with Crippen molar-refractivity contribution in [1.82, 2.24) is 5.59 Å². The molecule has 0 aliphatic heterocycles. The summed E-state index contributed by atoms with van der Waals surface area (Å²) in [6.07, 6.45) is 0.361. The number of hydrazine groups is 1. The first-order chi connectivity index (χ1) is 8.11. The van der Waals surface area contributed by atoms with Crippen molar-refractivity contribution in [3.63, 3.8) is 0 Å². The second kappa shape index (κ2) is 7.32. The highest BCUT2D eigenvalue weighted by Gasteiger charge is 2.02. The summed E-state index contributed by atoms with van der Waals surface area (Å²) in [7, 11) is 0. The maximum atomic E-state index is 11.0. The molecule has 0 unspecified atom stereocenters. The Labute approximate surface area is 106 Å². The molecule has 1 aromatic rings. The lowest BCUT2D eigenvalue weighted by Crippen LogP contribution is -2.26. The van der Waals surface area contributed by atoms with Crippen LogP contribution in [0.1, 0.15) is 23.1 Å². The molecule has 3 N–H and O–H groups in total. The van der Waals surface area contributed by atoms with Gasteiger partial charge in [-0.05, 0) is 19.4 Å². The van der Waals surface area contributed by atoms with E-state index >= 15 is 0 Å². The molecule has 17 heavy (non-hydrogen) atoms. The van der Waals surface area contributed by atoms with Crippen LogP contribution in [0.25, 0.3) is 0 Å². The molecule has 0 radical (unpaired) electrons. The maximum absolute atomic E-state index is 11.0. The molecular weight excluding hydrogens is 236 g/mol. The van der Waals surface area contributed by atoms with Crippen LogP contribution in [0.3, 0.4) is 0 Å². The average molecular weight is 254 g/mol. The van der Waals surface area contributed by atoms with Crippen molar-refractivity contribution in [3.05, 3.63) is 34.9 Å². The molecular formula is C12H18N2O2S. The van der Waals surface area contributed by atoms with Gasteiger partial charge in [-0.2, -0.15) is 11.8 Å². The van der Waals surface area contributed by atoms with Crippen molar-refractivity contribution in [2.24, 2.45) is 5.84 Å². The summed E-state index contributed by atoms with van der Waals surface area (Å²) < 4.78 is 0. The average Bonchev–Trinajstić information content (AvgIpc) is 2.23. The van der Waals surface area contributed by atoms with Crippen molar-refractivity contribution in [3.8, 4) is 0 Å². The normalized spacial score (nSPS) is 10.3. The molecule has 94 valence electrons. The van der Waals surface area contributed by atoms with Gasteiger partial charge in [0, 0.05) is 11.5 Å². The van der Waals surface area contributed by atoms with Crippen LogP contribution in [-0.4, -0.2) is 11.7 Å². The zero-order valence-corrected chi connectivity index (χ0v) is 11.0. The third kappa shape index (κ3) is 5.72. The predicted molar refractivity (Wildman–Crippen MR) is 70.1 cm³/mol. The van der Waals surface area contributed by atoms with Gasteiger partial charge in [0.1, 0.15) is 0 Å². The van der Waals surface area contributed by atoms with Gasteiger partial charge in [-0.15, -0.1) is 0 Å². The van der Waals surface area contributed by atoms with Gasteiger partial charge in [0.25, 0.3) is 0 Å². The Kier molecular flexibility index (Phi) is 6.04. The second-order valence-corrected chi connectivity index (χ2v) is 5.00. The molecule has 0 amide bonds. The second-order valence-electron chi connectivity index (χ2n) is 3.89. The maximum Gasteiger partial charge on any atom is 0.327 e. The van der Waals surface area contributed by atoms with Crippen LogP contribution in [0.2, 0.25) is 0 Å². The molecule has 0 bridgehead atoms. The first-order valence-corrected chi connectivity index (χ1v) is 6.57. The van der Waals surface area contributed by atoms with Gasteiger partial charge in [-0.3, -0.25) is 4.79 Å². The largest absolute Gasteiger partial charge is 0.356 e. The molecule has 0 saturated heterocycles. The lowest BCUT2D eigenvalue weighted by Gasteiger charge is -2.05. The molecule has 0 atom stereocenters. The first kappa shape index (κ1) is 14.0. The minimum absolute atomic E-state index is 0.333. The SMILES string of the molecule is Cc1cc(C)cc(CSCCC(=O)ONN)c1. The van der Waals surface area contributed by atoms with Gasteiger partial charge in [0.15, 0.2) is 0 Å². The lowest BCUT2D eigenvalue weighted by molar-refractivity contribution is -0.150. The molecule has 0 saturated carbocycles. The quantitative estimate of drug-likeness (QED) is 0.461. The highest BCUT2D eigenvalue weighted by Crippen LogP contribution is 2.16. The van der Waals surface area contributed by atoms with Crippen molar-refractivity contribution < 1.29 is 9.63 Å². The van der Waals surface area contributed by atoms with E-state index in [0.29, 0.717) is 6.42 Å². The van der Waals surface area contributed by atoms with Crippen molar-refractivity contribution >= 4 is 17.7 Å². The van der Waals surface area contributed by atoms with Gasteiger partial charge < -0.3 is 4.84 Å². The first-order valence-electron chi connectivity index (χ1n) is 5.42. The number of hydrogen-bond donors (Lipinski definition) is 2. The Balaban J connectivity index is 2.28. The van der Waals surface area contributed by atoms with Crippen LogP contribution in [0, 0.1) is 13.8 Å². The van der Waals surface area contributed by atoms with Crippen LogP contribution in [0.15, 0.2) is 18.2 Å². The van der Waals surface area contributed by atoms with E-state index < -0.39 is 0 Å². The molecule has 0 heterocycles. The van der Waals surface area contributed by atoms with E-state index in [4.69, 9.17) is 5.84 Å². The van der Waals surface area contributed by atoms with Crippen LogP contribution in [-0.2, 0) is 15.4 Å². The third-order valence-electron chi connectivity index (χ3n) is 2.17. The number of aryl methyl sites for hydroxylation is 2. The summed E-state index contributed by atoms with van der Waals surface area (Å²) in [6, 6.07) is 6.48. The van der Waals surface area contributed by atoms with E-state index in [0.717, 1.165) is 11.5 Å². The Morgan fingerprint density at radius 3 is 2.59 bits per heavy atom. The number of hydrogen-bond acceptors (Lipinski definition) is 5. The number of nitrogens with two attached hydrogens (primary N) is 1. The van der Waals surface area contributed by atoms with E-state index in [-0.39, 0.29) is 5.97 Å². The van der Waals surface area contributed by atoms with Crippen LogP contribution in [0.5, 0.6) is 0 Å². The fourth-order valence-corrected chi connectivity index (χ4v) is 2.47. The smallest absolute Gasteiger partial charge is 0.327 e. The van der Waals surface area contributed by atoms with Gasteiger partial charge in [0.05, 0.1) is 6.42 Å². The minimum Gasteiger partial charge on any atom is -0.356 e. The summed E-state index contributed by atoms with van der Waals surface area (Å²) in [4.78, 5) is 15.4. The highest BCUT2D eigenvalue weighted by molar-refractivity contribution is 7.98. The fourth-order valence-electron chi connectivity index (χ4n) is 1.61. The number of benzene rings is 1. The Morgan fingerprint density at radius 2 is 2.00 bits per heavy atom. The monoisotopic (exact) mass is 254 g/mol. The van der Waals surface area contributed by atoms with Gasteiger partial charge in [0.2, 0.25) is 0 Å². The van der Waals surface area contributed by atoms with Crippen LogP contribution in [0.4, 0.5) is 0 Å². The highest BCUT2D eigenvalue weighted by atomic mass is 32.2. The number of carbonyl (C=O) groups excluding carboxylic acids is 1. The minimum atomic E-state index is -0.333. The summed E-state index contributed by atoms with van der Waals surface area (Å²) in [6.45, 7) is 4.18. The zero-order valence-electron chi connectivity index (χ0n) is 10.2. The van der Waals surface area contributed by atoms with Gasteiger partial charge in [-0.25, -0.2) is 5.84 Å². The molecule has 1 rings (SSSR count). The van der Waals surface area contributed by atoms with Crippen LogP contribution >= 0.6 is 11.8 Å². The van der Waals surface area contributed by atoms with E-state index in [1.54, 1.807) is 11.8 Å². The van der Waals surface area contributed by atoms with Crippen molar-refractivity contribution in [1.29, 1.82) is 0 Å². The molecule has 5 heteroatoms. The van der Waals surface area contributed by atoms with Crippen LogP contribution < -0.4 is 11.4 Å². The number of rotatable bonds is 6. The van der Waals surface area contributed by atoms with E-state index in [1.165, 1.54) is 16.7 Å². The Hall–Kier alpha value is -1.04. The Morgan fingerprint density at radius 1 is 1.35 bits per heavy atom. The molecule has 1 aromatic carbocycles. The topological polar surface area (TPSA) is 64.3 Å². The van der Waals surface area contributed by atoms with E-state index in [2.05, 4.69) is 36.9 Å². The van der Waals surface area contributed by atoms with Gasteiger partial charge in [-0.1, -0.05) is 34.9 Å². The summed E-state index contributed by atoms with van der Waals surface area (Å²) in [5, 5.41) is 0. The third-order valence-corrected chi connectivity index (χ3v) is 3.20. The number of nitrogens with one attached hydrogen (secondary N) is 1. The van der Waals surface area contributed by atoms with E-state index in [9.17, 15) is 4.79 Å². The summed E-state index contributed by atoms with van der Waals surface area (Å²) in [5.41, 5.74) is 5.71. The van der Waals surface area contributed by atoms with Gasteiger partial charge >= 0.3 is 5.97 Å². The van der Waals surface area contributed by atoms with Crippen molar-refractivity contribution in [2.75, 3.05) is 5.75 Å². The van der Waals surface area contributed by atoms with Crippen molar-refractivity contribution in [2.45, 2.75) is 26.0 Å². The molecule has 0 aromatic heterocycles. The lowest BCUT2D eigenvalue weighted by atomic mass is 10.1. The zero-order chi connectivity index (χ0) is 12.7. The number of carbonyl (C=O) groups is 1. The number of thioether (sulfide) groups is 1.